The van der Waals surface area contributed by atoms with Crippen LogP contribution in [0.15, 0.2) is 102 Å². The Balaban J connectivity index is 0.000000691. The van der Waals surface area contributed by atoms with E-state index in [0.29, 0.717) is 16.4 Å². The maximum atomic E-state index is 14.0. The molecule has 4 aromatic rings. The summed E-state index contributed by atoms with van der Waals surface area (Å²) in [5.74, 6) is 0.983. The number of halogens is 1. The summed E-state index contributed by atoms with van der Waals surface area (Å²) >= 11 is 1.82. The molecule has 0 spiro atoms. The first kappa shape index (κ1) is 43.7. The molecular weight excluding hydrogens is 721 g/mol. The van der Waals surface area contributed by atoms with Gasteiger partial charge in [-0.2, -0.15) is 0 Å². The van der Waals surface area contributed by atoms with Crippen molar-refractivity contribution >= 4 is 19.7 Å². The van der Waals surface area contributed by atoms with Crippen molar-refractivity contribution in [3.63, 3.8) is 0 Å². The number of nitrogens with one attached hydrogen (secondary N) is 1. The van der Waals surface area contributed by atoms with Gasteiger partial charge in [-0.05, 0) is 52.8 Å². The van der Waals surface area contributed by atoms with E-state index in [9.17, 15) is 8.42 Å². The van der Waals surface area contributed by atoms with E-state index >= 15 is 0 Å². The van der Waals surface area contributed by atoms with Crippen LogP contribution in [0.2, 0.25) is 0 Å². The average Bonchev–Trinajstić information content (AvgIpc) is 3.09. The molecule has 0 saturated heterocycles. The first-order chi connectivity index (χ1) is 22.7. The van der Waals surface area contributed by atoms with Crippen LogP contribution in [0.3, 0.4) is 0 Å². The molecule has 0 radical (unpaired) electrons. The van der Waals surface area contributed by atoms with Crippen LogP contribution in [0.1, 0.15) is 144 Å². The second kappa shape index (κ2) is 21.7. The number of sulfonamides is 1. The molecule has 48 heavy (non-hydrogen) atoms. The predicted molar refractivity (Wildman–Crippen MR) is 204 cm³/mol. The number of hydrogen-bond acceptors (Lipinski definition) is 2. The molecule has 0 saturated carbocycles. The molecule has 2 atom stereocenters. The summed E-state index contributed by atoms with van der Waals surface area (Å²) in [5, 5.41) is 0. The van der Waals surface area contributed by atoms with Crippen LogP contribution in [-0.2, 0) is 27.3 Å². The summed E-state index contributed by atoms with van der Waals surface area (Å²) in [6.07, 6.45) is 0. The van der Waals surface area contributed by atoms with Crippen LogP contribution in [0.25, 0.3) is 10.5 Å². The van der Waals surface area contributed by atoms with Gasteiger partial charge in [-0.25, -0.2) is 8.42 Å². The van der Waals surface area contributed by atoms with Crippen molar-refractivity contribution in [2.45, 2.75) is 117 Å². The van der Waals surface area contributed by atoms with Crippen molar-refractivity contribution in [1.29, 1.82) is 0 Å². The van der Waals surface area contributed by atoms with Crippen LogP contribution < -0.4 is 0 Å². The number of aryl methyl sites for hydroxylation is 1. The Morgan fingerprint density at radius 3 is 1.35 bits per heavy atom. The van der Waals surface area contributed by atoms with E-state index in [1.807, 2.05) is 132 Å². The Morgan fingerprint density at radius 2 is 0.979 bits per heavy atom. The Kier molecular flexibility index (Phi) is 19.7. The molecule has 0 aliphatic rings. The molecule has 4 aromatic carbocycles. The van der Waals surface area contributed by atoms with Crippen molar-refractivity contribution in [2.24, 2.45) is 0 Å². The molecule has 0 aliphatic carbocycles. The Morgan fingerprint density at radius 1 is 0.583 bits per heavy atom. The molecule has 7 heteroatoms. The maximum absolute atomic E-state index is 14.0. The van der Waals surface area contributed by atoms with Crippen molar-refractivity contribution < 1.29 is 25.7 Å². The molecule has 0 aromatic heterocycles. The van der Waals surface area contributed by atoms with Gasteiger partial charge >= 0.3 is 27.0 Å². The van der Waals surface area contributed by atoms with Crippen molar-refractivity contribution in [2.75, 3.05) is 0 Å². The molecule has 0 aliphatic heterocycles. The van der Waals surface area contributed by atoms with Crippen LogP contribution in [0.4, 0.5) is 0 Å². The predicted octanol–water partition coefficient (Wildman–Crippen LogP) is 13.5. The quantitative estimate of drug-likeness (QED) is 0.150. The van der Waals surface area contributed by atoms with E-state index in [0.717, 1.165) is 22.3 Å². The first-order valence-corrected chi connectivity index (χ1v) is 20.6. The average molecular weight is 778 g/mol. The topological polar surface area (TPSA) is 72.0 Å². The molecule has 4 nitrogen and oxygen atoms in total. The Hall–Kier alpha value is -2.34. The van der Waals surface area contributed by atoms with Crippen molar-refractivity contribution in [3.8, 4) is 0 Å². The van der Waals surface area contributed by atoms with E-state index in [4.69, 9.17) is 5.73 Å². The van der Waals surface area contributed by atoms with Gasteiger partial charge in [0.2, 0.25) is 0 Å². The minimum absolute atomic E-state index is 0.0206. The summed E-state index contributed by atoms with van der Waals surface area (Å²) in [7, 11) is 0.519. The molecule has 1 N–H and O–H groups in total. The summed E-state index contributed by atoms with van der Waals surface area (Å²) in [6.45, 7) is 22.9. The molecule has 4 rings (SSSR count). The molecule has 0 unspecified atom stereocenters. The fourth-order valence-corrected chi connectivity index (χ4v) is 6.98. The second-order valence-corrected chi connectivity index (χ2v) is 14.5. The van der Waals surface area contributed by atoms with Gasteiger partial charge in [0.25, 0.3) is 0 Å². The van der Waals surface area contributed by atoms with Gasteiger partial charge in [0.1, 0.15) is 10.0 Å². The van der Waals surface area contributed by atoms with Gasteiger partial charge < -0.3 is 10.5 Å². The number of hydrogen-bond donors (Lipinski definition) is 0. The minimum atomic E-state index is -4.05. The van der Waals surface area contributed by atoms with Gasteiger partial charge in [0, 0.05) is 0 Å². The van der Waals surface area contributed by atoms with Crippen LogP contribution in [-0.4, -0.2) is 8.42 Å². The number of rotatable bonds is 10. The van der Waals surface area contributed by atoms with E-state index in [-0.39, 0.29) is 17.8 Å². The zero-order valence-electron chi connectivity index (χ0n) is 30.6. The first-order valence-electron chi connectivity index (χ1n) is 16.9. The Bertz CT molecular complexity index is 1550. The van der Waals surface area contributed by atoms with Crippen LogP contribution >= 0.6 is 9.69 Å². The molecular formula is C41H56ClN2O2RuS. The van der Waals surface area contributed by atoms with Gasteiger partial charge in [0.05, 0.1) is 4.90 Å². The van der Waals surface area contributed by atoms with Gasteiger partial charge in [0.15, 0.2) is 0 Å². The summed E-state index contributed by atoms with van der Waals surface area (Å²) in [6, 6.07) is 29.7. The van der Waals surface area contributed by atoms with Crippen molar-refractivity contribution in [1.82, 2.24) is 0 Å². The van der Waals surface area contributed by atoms with Crippen molar-refractivity contribution in [3.05, 3.63) is 146 Å². The third-order valence-corrected chi connectivity index (χ3v) is 9.44. The molecule has 263 valence electrons. The molecule has 0 heterocycles. The standard InChI is InChI=1S/C29H36N2O2S.C10H14.C2H6.ClH.Ru/c1-19(2)24-17-25(20(3)4)29(26(18-24)21(5)6)34(32,33)31-28(23-15-11-8-12-16-23)27(30)22-13-9-7-10-14-22;1-8(2)10-6-4-9(3)5-7-10;1-2;;/h7-21,27-28,30H,1-6H3;4-8H,1-3H3;1-2H3;1H;/q-2;;;;+3/p-1/t27-,28-;;;;/m0..../s1. The van der Waals surface area contributed by atoms with Gasteiger partial charge in [-0.3, -0.25) is 0 Å². The van der Waals surface area contributed by atoms with E-state index in [1.165, 1.54) is 11.1 Å². The molecule has 0 amide bonds. The fourth-order valence-electron chi connectivity index (χ4n) is 5.15. The van der Waals surface area contributed by atoms with Crippen LogP contribution in [0, 0.1) is 6.92 Å². The SMILES string of the molecule is CC.CC(C)c1cc(C(C)C)c(S(=O)(=O)[N-][C@@H](c2ccccc2)[C@@H]([NH-])c2ccccc2)c(C(C)C)c1.Cc1ccc(C(C)C)cc1.[Cl][Ru+2]. The zero-order chi connectivity index (χ0) is 36.6. The van der Waals surface area contributed by atoms with E-state index in [2.05, 4.69) is 73.3 Å². The summed E-state index contributed by atoms with van der Waals surface area (Å²) < 4.78 is 32.5. The molecule has 0 fully saturated rings. The number of benzene rings is 4. The normalized spacial score (nSPS) is 12.4. The third kappa shape index (κ3) is 12.8. The summed E-state index contributed by atoms with van der Waals surface area (Å²) in [5.41, 5.74) is 15.9. The summed E-state index contributed by atoms with van der Waals surface area (Å²) in [4.78, 5) is 0.308. The monoisotopic (exact) mass is 777 g/mol. The number of nitrogens with zero attached hydrogens (tertiary/aromatic N) is 1. The van der Waals surface area contributed by atoms with Crippen LogP contribution in [0.5, 0.6) is 0 Å². The van der Waals surface area contributed by atoms with E-state index < -0.39 is 22.1 Å². The zero-order valence-corrected chi connectivity index (χ0v) is 33.9. The van der Waals surface area contributed by atoms with E-state index in [1.54, 1.807) is 0 Å². The second-order valence-electron chi connectivity index (χ2n) is 12.9. The van der Waals surface area contributed by atoms with Gasteiger partial charge in [-0.15, -0.1) is 12.1 Å². The molecule has 0 bridgehead atoms. The van der Waals surface area contributed by atoms with Gasteiger partial charge in [-0.1, -0.05) is 183 Å². The fraction of sp³-hybridized carbons (Fsp3) is 0.415. The Labute approximate surface area is 307 Å². The third-order valence-electron chi connectivity index (χ3n) is 7.95.